The fourth-order valence-corrected chi connectivity index (χ4v) is 5.21. The molecule has 0 bridgehead atoms. The fourth-order valence-electron chi connectivity index (χ4n) is 3.51. The summed E-state index contributed by atoms with van der Waals surface area (Å²) in [5.41, 5.74) is 1.47. The van der Waals surface area contributed by atoms with Gasteiger partial charge in [0, 0.05) is 25.2 Å². The van der Waals surface area contributed by atoms with Gasteiger partial charge in [0.1, 0.15) is 10.6 Å². The van der Waals surface area contributed by atoms with Crippen molar-refractivity contribution in [2.45, 2.75) is 30.7 Å². The second-order valence-corrected chi connectivity index (χ2v) is 9.24. The van der Waals surface area contributed by atoms with Crippen molar-refractivity contribution in [1.29, 1.82) is 0 Å². The van der Waals surface area contributed by atoms with Gasteiger partial charge in [0.2, 0.25) is 10.0 Å². The standard InChI is InChI=1S/C20H22N6O4S/c1-15(19-14-25(23-22-19)16-7-3-2-4-8-16)21-18-10-9-17(26(27)28)13-20(18)31(29,30)24-11-5-6-12-24/h2-4,7-10,13-15,21H,5-6,11-12H2,1H3. The van der Waals surface area contributed by atoms with Gasteiger partial charge >= 0.3 is 0 Å². The van der Waals surface area contributed by atoms with E-state index in [4.69, 9.17) is 0 Å². The highest BCUT2D eigenvalue weighted by molar-refractivity contribution is 7.89. The van der Waals surface area contributed by atoms with Crippen molar-refractivity contribution in [3.8, 4) is 5.69 Å². The number of nitro benzene ring substituents is 1. The Balaban J connectivity index is 1.65. The molecule has 1 aliphatic heterocycles. The van der Waals surface area contributed by atoms with E-state index in [9.17, 15) is 18.5 Å². The quantitative estimate of drug-likeness (QED) is 0.440. The normalized spacial score (nSPS) is 15.6. The SMILES string of the molecule is CC(Nc1ccc([N+](=O)[O-])cc1S(=O)(=O)N1CCCC1)c1cn(-c2ccccc2)nn1. The first kappa shape index (κ1) is 20.9. The molecule has 1 aliphatic rings. The molecule has 0 aliphatic carbocycles. The predicted octanol–water partition coefficient (Wildman–Crippen LogP) is 3.13. The van der Waals surface area contributed by atoms with E-state index in [0.29, 0.717) is 24.5 Å². The van der Waals surface area contributed by atoms with E-state index < -0.39 is 14.9 Å². The highest BCUT2D eigenvalue weighted by atomic mass is 32.2. The van der Waals surface area contributed by atoms with Gasteiger partial charge in [-0.1, -0.05) is 23.4 Å². The van der Waals surface area contributed by atoms with E-state index in [1.807, 2.05) is 37.3 Å². The van der Waals surface area contributed by atoms with Crippen molar-refractivity contribution in [3.63, 3.8) is 0 Å². The van der Waals surface area contributed by atoms with Crippen molar-refractivity contribution in [2.75, 3.05) is 18.4 Å². The number of hydrogen-bond donors (Lipinski definition) is 1. The van der Waals surface area contributed by atoms with Crippen LogP contribution in [0.1, 0.15) is 31.5 Å². The van der Waals surface area contributed by atoms with Crippen molar-refractivity contribution < 1.29 is 13.3 Å². The van der Waals surface area contributed by atoms with Crippen LogP contribution in [0.3, 0.4) is 0 Å². The van der Waals surface area contributed by atoms with E-state index in [2.05, 4.69) is 15.6 Å². The van der Waals surface area contributed by atoms with Crippen molar-refractivity contribution in [1.82, 2.24) is 19.3 Å². The van der Waals surface area contributed by atoms with Crippen molar-refractivity contribution in [2.24, 2.45) is 0 Å². The van der Waals surface area contributed by atoms with Gasteiger partial charge in [0.25, 0.3) is 5.69 Å². The lowest BCUT2D eigenvalue weighted by atomic mass is 10.2. The number of nitrogens with zero attached hydrogens (tertiary/aromatic N) is 5. The Labute approximate surface area is 179 Å². The minimum Gasteiger partial charge on any atom is -0.376 e. The highest BCUT2D eigenvalue weighted by Gasteiger charge is 2.31. The van der Waals surface area contributed by atoms with Crippen LogP contribution in [0, 0.1) is 10.1 Å². The molecule has 0 radical (unpaired) electrons. The molecule has 1 fully saturated rings. The maximum absolute atomic E-state index is 13.2. The third kappa shape index (κ3) is 4.28. The zero-order valence-electron chi connectivity index (χ0n) is 16.9. The van der Waals surface area contributed by atoms with E-state index >= 15 is 0 Å². The molecule has 162 valence electrons. The first-order valence-electron chi connectivity index (χ1n) is 9.89. The van der Waals surface area contributed by atoms with Crippen LogP contribution in [0.5, 0.6) is 0 Å². The van der Waals surface area contributed by atoms with Crippen molar-refractivity contribution >= 4 is 21.4 Å². The fraction of sp³-hybridized carbons (Fsp3) is 0.300. The number of anilines is 1. The number of nitrogens with one attached hydrogen (secondary N) is 1. The van der Waals surface area contributed by atoms with Gasteiger partial charge in [-0.2, -0.15) is 4.31 Å². The average molecular weight is 443 g/mol. The van der Waals surface area contributed by atoms with Crippen LogP contribution in [0.15, 0.2) is 59.6 Å². The molecule has 4 rings (SSSR count). The lowest BCUT2D eigenvalue weighted by Gasteiger charge is -2.20. The van der Waals surface area contributed by atoms with Crippen LogP contribution in [0.25, 0.3) is 5.69 Å². The van der Waals surface area contributed by atoms with Crippen LogP contribution >= 0.6 is 0 Å². The summed E-state index contributed by atoms with van der Waals surface area (Å²) in [6.07, 6.45) is 3.30. The van der Waals surface area contributed by atoms with E-state index in [-0.39, 0.29) is 16.6 Å². The summed E-state index contributed by atoms with van der Waals surface area (Å²) < 4.78 is 29.3. The lowest BCUT2D eigenvalue weighted by molar-refractivity contribution is -0.385. The molecule has 1 aromatic heterocycles. The van der Waals surface area contributed by atoms with Gasteiger partial charge < -0.3 is 5.32 Å². The molecule has 0 amide bonds. The average Bonchev–Trinajstić information content (AvgIpc) is 3.47. The number of aromatic nitrogens is 3. The van der Waals surface area contributed by atoms with Crippen LogP contribution in [0.4, 0.5) is 11.4 Å². The zero-order chi connectivity index (χ0) is 22.0. The molecule has 3 aromatic rings. The maximum atomic E-state index is 13.2. The molecule has 1 saturated heterocycles. The van der Waals surface area contributed by atoms with Crippen LogP contribution < -0.4 is 5.32 Å². The summed E-state index contributed by atoms with van der Waals surface area (Å²) in [5.74, 6) is 0. The summed E-state index contributed by atoms with van der Waals surface area (Å²) in [5, 5.41) is 22.7. The smallest absolute Gasteiger partial charge is 0.270 e. The minimum atomic E-state index is -3.87. The molecule has 0 spiro atoms. The number of non-ortho nitro benzene ring substituents is 1. The predicted molar refractivity (Wildman–Crippen MR) is 114 cm³/mol. The molecule has 2 heterocycles. The van der Waals surface area contributed by atoms with E-state index in [0.717, 1.165) is 24.6 Å². The zero-order valence-corrected chi connectivity index (χ0v) is 17.7. The summed E-state index contributed by atoms with van der Waals surface area (Å²) in [6, 6.07) is 12.9. The minimum absolute atomic E-state index is 0.106. The Bertz CT molecular complexity index is 1190. The Morgan fingerprint density at radius 3 is 2.52 bits per heavy atom. The van der Waals surface area contributed by atoms with Crippen LogP contribution in [-0.4, -0.2) is 45.7 Å². The number of sulfonamides is 1. The Morgan fingerprint density at radius 2 is 1.84 bits per heavy atom. The largest absolute Gasteiger partial charge is 0.376 e. The van der Waals surface area contributed by atoms with Gasteiger partial charge in [-0.25, -0.2) is 13.1 Å². The number of hydrogen-bond acceptors (Lipinski definition) is 7. The Morgan fingerprint density at radius 1 is 1.13 bits per heavy atom. The first-order chi connectivity index (χ1) is 14.9. The van der Waals surface area contributed by atoms with Gasteiger partial charge in [-0.05, 0) is 38.0 Å². The number of benzene rings is 2. The monoisotopic (exact) mass is 442 g/mol. The van der Waals surface area contributed by atoms with Gasteiger partial charge in [-0.3, -0.25) is 10.1 Å². The summed E-state index contributed by atoms with van der Waals surface area (Å²) in [7, 11) is -3.87. The van der Waals surface area contributed by atoms with Gasteiger partial charge in [0.15, 0.2) is 0 Å². The van der Waals surface area contributed by atoms with Crippen LogP contribution in [-0.2, 0) is 10.0 Å². The molecular weight excluding hydrogens is 420 g/mol. The Hall–Kier alpha value is -3.31. The number of para-hydroxylation sites is 1. The van der Waals surface area contributed by atoms with Gasteiger partial charge in [-0.15, -0.1) is 5.10 Å². The molecule has 0 saturated carbocycles. The summed E-state index contributed by atoms with van der Waals surface area (Å²) in [4.78, 5) is 10.5. The van der Waals surface area contributed by atoms with Crippen LogP contribution in [0.2, 0.25) is 0 Å². The molecule has 11 heteroatoms. The van der Waals surface area contributed by atoms with Crippen molar-refractivity contribution in [3.05, 3.63) is 70.5 Å². The molecule has 2 aromatic carbocycles. The van der Waals surface area contributed by atoms with E-state index in [1.54, 1.807) is 10.9 Å². The number of nitro groups is 1. The Kier molecular flexibility index (Phi) is 5.70. The lowest BCUT2D eigenvalue weighted by Crippen LogP contribution is -2.28. The van der Waals surface area contributed by atoms with Gasteiger partial charge in [0.05, 0.1) is 28.5 Å². The molecule has 31 heavy (non-hydrogen) atoms. The second-order valence-electron chi connectivity index (χ2n) is 7.34. The molecule has 1 N–H and O–H groups in total. The topological polar surface area (TPSA) is 123 Å². The first-order valence-corrected chi connectivity index (χ1v) is 11.3. The second kappa shape index (κ2) is 8.44. The summed E-state index contributed by atoms with van der Waals surface area (Å²) in [6.45, 7) is 2.64. The molecule has 10 nitrogen and oxygen atoms in total. The molecule has 1 unspecified atom stereocenters. The highest BCUT2D eigenvalue weighted by Crippen LogP contribution is 2.32. The molecule has 1 atom stereocenters. The number of rotatable bonds is 7. The summed E-state index contributed by atoms with van der Waals surface area (Å²) >= 11 is 0. The van der Waals surface area contributed by atoms with E-state index in [1.165, 1.54) is 16.4 Å². The third-order valence-corrected chi connectivity index (χ3v) is 7.14. The maximum Gasteiger partial charge on any atom is 0.270 e. The molecular formula is C20H22N6O4S. The third-order valence-electron chi connectivity index (χ3n) is 5.21.